The van der Waals surface area contributed by atoms with Crippen LogP contribution in [0, 0.1) is 0 Å². The fraction of sp³-hybridized carbons (Fsp3) is 0.538. The number of aliphatic hydroxyl groups excluding tert-OH is 1. The van der Waals surface area contributed by atoms with E-state index >= 15 is 0 Å². The SMILES string of the molecule is CN(C)S(=O)(=O)c1cccc(OC[C@@H](O)CNC2COC3(CCN(S(=O)(=O)c4ccc(CN)cc4)CC3)C2)c1. The van der Waals surface area contributed by atoms with Crippen LogP contribution < -0.4 is 15.8 Å². The Kier molecular flexibility index (Phi) is 9.33. The van der Waals surface area contributed by atoms with Gasteiger partial charge in [-0.15, -0.1) is 0 Å². The summed E-state index contributed by atoms with van der Waals surface area (Å²) in [5.41, 5.74) is 6.11. The van der Waals surface area contributed by atoms with Crippen LogP contribution in [0.5, 0.6) is 5.75 Å². The zero-order chi connectivity index (χ0) is 28.3. The van der Waals surface area contributed by atoms with Crippen LogP contribution in [0.1, 0.15) is 24.8 Å². The van der Waals surface area contributed by atoms with Gasteiger partial charge in [-0.2, -0.15) is 4.31 Å². The van der Waals surface area contributed by atoms with E-state index in [2.05, 4.69) is 5.32 Å². The summed E-state index contributed by atoms with van der Waals surface area (Å²) in [4.78, 5) is 0.388. The van der Waals surface area contributed by atoms with Crippen molar-refractivity contribution < 1.29 is 31.4 Å². The Morgan fingerprint density at radius 1 is 1.13 bits per heavy atom. The van der Waals surface area contributed by atoms with Gasteiger partial charge >= 0.3 is 0 Å². The molecule has 0 aromatic heterocycles. The fourth-order valence-electron chi connectivity index (χ4n) is 4.89. The van der Waals surface area contributed by atoms with Gasteiger partial charge in [-0.25, -0.2) is 21.1 Å². The van der Waals surface area contributed by atoms with Crippen molar-refractivity contribution >= 4 is 20.0 Å². The molecule has 2 fully saturated rings. The molecule has 2 saturated heterocycles. The first-order valence-corrected chi connectivity index (χ1v) is 15.8. The van der Waals surface area contributed by atoms with E-state index in [0.717, 1.165) is 16.3 Å². The van der Waals surface area contributed by atoms with Gasteiger partial charge in [0.2, 0.25) is 20.0 Å². The number of ether oxygens (including phenoxy) is 2. The van der Waals surface area contributed by atoms with Gasteiger partial charge in [0.05, 0.1) is 22.0 Å². The molecule has 11 nitrogen and oxygen atoms in total. The molecular weight excluding hydrogens is 544 g/mol. The molecule has 4 N–H and O–H groups in total. The average Bonchev–Trinajstić information content (AvgIpc) is 3.33. The van der Waals surface area contributed by atoms with E-state index in [0.29, 0.717) is 44.8 Å². The van der Waals surface area contributed by atoms with E-state index in [4.69, 9.17) is 15.2 Å². The molecule has 1 spiro atoms. The maximum absolute atomic E-state index is 13.1. The third-order valence-corrected chi connectivity index (χ3v) is 11.0. The summed E-state index contributed by atoms with van der Waals surface area (Å²) < 4.78 is 65.2. The number of nitrogens with one attached hydrogen (secondary N) is 1. The first kappa shape index (κ1) is 29.9. The molecule has 2 aromatic rings. The Hall–Kier alpha value is -2.10. The molecule has 0 saturated carbocycles. The fourth-order valence-corrected chi connectivity index (χ4v) is 7.27. The topological polar surface area (TPSA) is 152 Å². The van der Waals surface area contributed by atoms with E-state index in [1.807, 2.05) is 0 Å². The highest BCUT2D eigenvalue weighted by Crippen LogP contribution is 2.37. The summed E-state index contributed by atoms with van der Waals surface area (Å²) in [6.07, 6.45) is 1.12. The van der Waals surface area contributed by atoms with E-state index in [9.17, 15) is 21.9 Å². The molecule has 39 heavy (non-hydrogen) atoms. The molecule has 0 aliphatic carbocycles. The number of rotatable bonds is 11. The molecule has 2 aromatic carbocycles. The number of nitrogens with zero attached hydrogens (tertiary/aromatic N) is 2. The van der Waals surface area contributed by atoms with Gasteiger partial charge < -0.3 is 25.6 Å². The lowest BCUT2D eigenvalue weighted by Crippen LogP contribution is -2.47. The number of benzene rings is 2. The van der Waals surface area contributed by atoms with Crippen LogP contribution >= 0.6 is 0 Å². The van der Waals surface area contributed by atoms with Gasteiger partial charge in [-0.05, 0) is 49.1 Å². The second-order valence-corrected chi connectivity index (χ2v) is 14.4. The Morgan fingerprint density at radius 2 is 1.82 bits per heavy atom. The van der Waals surface area contributed by atoms with Crippen molar-refractivity contribution in [1.29, 1.82) is 0 Å². The summed E-state index contributed by atoms with van der Waals surface area (Å²) >= 11 is 0. The number of nitrogens with two attached hydrogens (primary N) is 1. The van der Waals surface area contributed by atoms with Crippen molar-refractivity contribution in [1.82, 2.24) is 13.9 Å². The summed E-state index contributed by atoms with van der Waals surface area (Å²) in [6, 6.07) is 12.9. The van der Waals surface area contributed by atoms with Gasteiger partial charge in [0.25, 0.3) is 0 Å². The standard InChI is InChI=1S/C26H38N4O7S2/c1-29(2)38(32,33)25-5-3-4-23(14-25)36-19-22(31)17-28-21-15-26(37-18-21)10-12-30(13-11-26)39(34,35)24-8-6-20(16-27)7-9-24/h3-9,14,21-22,28,31H,10-13,15-19,27H2,1-2H3/t21?,22-/m0/s1. The Labute approximate surface area is 231 Å². The lowest BCUT2D eigenvalue weighted by Gasteiger charge is -2.38. The minimum Gasteiger partial charge on any atom is -0.491 e. The van der Waals surface area contributed by atoms with Crippen molar-refractivity contribution in [3.05, 3.63) is 54.1 Å². The normalized spacial score (nSPS) is 20.9. The summed E-state index contributed by atoms with van der Waals surface area (Å²) in [5.74, 6) is 0.358. The van der Waals surface area contributed by atoms with Crippen molar-refractivity contribution in [2.75, 3.05) is 46.9 Å². The van der Waals surface area contributed by atoms with Crippen LogP contribution in [-0.4, -0.2) is 95.2 Å². The van der Waals surface area contributed by atoms with Crippen LogP contribution in [0.15, 0.2) is 58.3 Å². The van der Waals surface area contributed by atoms with E-state index in [1.165, 1.54) is 30.5 Å². The van der Waals surface area contributed by atoms with Gasteiger partial charge in [0.15, 0.2) is 0 Å². The summed E-state index contributed by atoms with van der Waals surface area (Å²) in [5, 5.41) is 13.7. The molecule has 2 aliphatic rings. The quantitative estimate of drug-likeness (QED) is 0.348. The minimum atomic E-state index is -3.58. The number of piperidine rings is 1. The number of aliphatic hydroxyl groups is 1. The van der Waals surface area contributed by atoms with Crippen LogP contribution in [0.3, 0.4) is 0 Å². The predicted molar refractivity (Wildman–Crippen MR) is 146 cm³/mol. The van der Waals surface area contributed by atoms with Crippen molar-refractivity contribution in [2.24, 2.45) is 5.73 Å². The Balaban J connectivity index is 1.23. The highest BCUT2D eigenvalue weighted by atomic mass is 32.2. The first-order valence-electron chi connectivity index (χ1n) is 13.0. The molecule has 4 rings (SSSR count). The monoisotopic (exact) mass is 582 g/mol. The van der Waals surface area contributed by atoms with Crippen LogP contribution in [0.25, 0.3) is 0 Å². The van der Waals surface area contributed by atoms with Gasteiger partial charge in [0, 0.05) is 52.4 Å². The minimum absolute atomic E-state index is 0.00371. The summed E-state index contributed by atoms with van der Waals surface area (Å²) in [7, 11) is -4.23. The Morgan fingerprint density at radius 3 is 2.46 bits per heavy atom. The molecule has 0 radical (unpaired) electrons. The van der Waals surface area contributed by atoms with Gasteiger partial charge in [0.1, 0.15) is 18.5 Å². The van der Waals surface area contributed by atoms with E-state index in [-0.39, 0.29) is 34.6 Å². The smallest absolute Gasteiger partial charge is 0.243 e. The van der Waals surface area contributed by atoms with Gasteiger partial charge in [-0.3, -0.25) is 0 Å². The van der Waals surface area contributed by atoms with E-state index < -0.39 is 26.2 Å². The number of hydrogen-bond acceptors (Lipinski definition) is 9. The number of hydrogen-bond donors (Lipinski definition) is 3. The first-order chi connectivity index (χ1) is 18.4. The lowest BCUT2D eigenvalue weighted by molar-refractivity contribution is -0.0312. The Bertz CT molecular complexity index is 1330. The highest BCUT2D eigenvalue weighted by Gasteiger charge is 2.44. The lowest BCUT2D eigenvalue weighted by atomic mass is 9.88. The van der Waals surface area contributed by atoms with Crippen molar-refractivity contribution in [3.63, 3.8) is 0 Å². The molecule has 1 unspecified atom stereocenters. The third-order valence-electron chi connectivity index (χ3n) is 7.31. The largest absolute Gasteiger partial charge is 0.491 e. The van der Waals surface area contributed by atoms with Crippen molar-refractivity contribution in [2.45, 2.75) is 53.3 Å². The molecule has 13 heteroatoms. The molecule has 2 heterocycles. The molecule has 2 atom stereocenters. The predicted octanol–water partition coefficient (Wildman–Crippen LogP) is 0.737. The average molecular weight is 583 g/mol. The molecule has 2 aliphatic heterocycles. The highest BCUT2D eigenvalue weighted by molar-refractivity contribution is 7.89. The molecule has 0 bridgehead atoms. The zero-order valence-electron chi connectivity index (χ0n) is 22.3. The maximum Gasteiger partial charge on any atom is 0.243 e. The molecule has 0 amide bonds. The van der Waals surface area contributed by atoms with Crippen LogP contribution in [-0.2, 0) is 31.3 Å². The van der Waals surface area contributed by atoms with E-state index in [1.54, 1.807) is 36.4 Å². The van der Waals surface area contributed by atoms with Crippen molar-refractivity contribution in [3.8, 4) is 5.75 Å². The maximum atomic E-state index is 13.1. The van der Waals surface area contributed by atoms with Gasteiger partial charge in [-0.1, -0.05) is 18.2 Å². The van der Waals surface area contributed by atoms with Crippen LogP contribution in [0.2, 0.25) is 0 Å². The van der Waals surface area contributed by atoms with Crippen LogP contribution in [0.4, 0.5) is 0 Å². The number of sulfonamides is 2. The molecule has 216 valence electrons. The molecular formula is C26H38N4O7S2. The second kappa shape index (κ2) is 12.2. The summed E-state index contributed by atoms with van der Waals surface area (Å²) in [6.45, 7) is 1.88. The zero-order valence-corrected chi connectivity index (χ0v) is 24.0. The third kappa shape index (κ3) is 6.98. The second-order valence-electron chi connectivity index (χ2n) is 10.3.